The molecule has 4 rings (SSSR count). The van der Waals surface area contributed by atoms with Crippen LogP contribution in [0, 0.1) is 0 Å². The van der Waals surface area contributed by atoms with E-state index in [4.69, 9.17) is 9.47 Å². The summed E-state index contributed by atoms with van der Waals surface area (Å²) in [5.41, 5.74) is 1.83. The first-order valence-corrected chi connectivity index (χ1v) is 11.2. The maximum Gasteiger partial charge on any atom is 0.282 e. The molecule has 2 amide bonds. The summed E-state index contributed by atoms with van der Waals surface area (Å²) in [7, 11) is 1.55. The lowest BCUT2D eigenvalue weighted by Gasteiger charge is -2.36. The van der Waals surface area contributed by atoms with Crippen molar-refractivity contribution in [2.45, 2.75) is 6.92 Å². The van der Waals surface area contributed by atoms with Crippen LogP contribution in [0.25, 0.3) is 5.57 Å². The molecule has 0 atom stereocenters. The third kappa shape index (κ3) is 4.44. The Balaban J connectivity index is 1.73. The van der Waals surface area contributed by atoms with Crippen molar-refractivity contribution in [3.05, 3.63) is 59.8 Å². The number of para-hydroxylation sites is 1. The van der Waals surface area contributed by atoms with Gasteiger partial charge in [-0.15, -0.1) is 0 Å². The Bertz CT molecular complexity index is 1040. The second-order valence-electron chi connectivity index (χ2n) is 7.85. The van der Waals surface area contributed by atoms with E-state index < -0.39 is 0 Å². The van der Waals surface area contributed by atoms with Crippen LogP contribution in [0.1, 0.15) is 12.5 Å². The summed E-state index contributed by atoms with van der Waals surface area (Å²) in [5.74, 6) is 0.499. The smallest absolute Gasteiger partial charge is 0.282 e. The van der Waals surface area contributed by atoms with Crippen molar-refractivity contribution in [3.63, 3.8) is 0 Å². The first-order chi connectivity index (χ1) is 16.1. The summed E-state index contributed by atoms with van der Waals surface area (Å²) in [5, 5.41) is 9.24. The van der Waals surface area contributed by atoms with E-state index >= 15 is 0 Å². The summed E-state index contributed by atoms with van der Waals surface area (Å²) in [4.78, 5) is 32.8. The van der Waals surface area contributed by atoms with Gasteiger partial charge in [0.25, 0.3) is 11.8 Å². The van der Waals surface area contributed by atoms with Crippen LogP contribution in [0.15, 0.2) is 54.2 Å². The van der Waals surface area contributed by atoms with Gasteiger partial charge in [-0.05, 0) is 37.3 Å². The van der Waals surface area contributed by atoms with Gasteiger partial charge in [0.05, 0.1) is 31.6 Å². The molecule has 0 aromatic heterocycles. The summed E-state index contributed by atoms with van der Waals surface area (Å²) < 4.78 is 11.0. The number of piperazine rings is 1. The quantitative estimate of drug-likeness (QED) is 0.615. The zero-order valence-corrected chi connectivity index (χ0v) is 19.0. The Morgan fingerprint density at radius 1 is 0.939 bits per heavy atom. The van der Waals surface area contributed by atoms with Crippen molar-refractivity contribution < 1.29 is 24.2 Å². The van der Waals surface area contributed by atoms with Crippen molar-refractivity contribution in [2.75, 3.05) is 57.9 Å². The molecule has 1 saturated heterocycles. The zero-order valence-electron chi connectivity index (χ0n) is 19.0. The molecule has 2 heterocycles. The third-order valence-electron chi connectivity index (χ3n) is 5.95. The number of amides is 2. The van der Waals surface area contributed by atoms with E-state index in [2.05, 4.69) is 4.90 Å². The number of β-amino-alcohol motifs (C(OH)–C–C–N with tert-alkyl or cyclic N) is 1. The third-order valence-corrected chi connectivity index (χ3v) is 5.95. The number of imide groups is 1. The van der Waals surface area contributed by atoms with Gasteiger partial charge < -0.3 is 19.5 Å². The molecule has 2 aliphatic rings. The van der Waals surface area contributed by atoms with Gasteiger partial charge in [0.1, 0.15) is 17.2 Å². The molecule has 174 valence electrons. The fourth-order valence-corrected chi connectivity index (χ4v) is 4.33. The largest absolute Gasteiger partial charge is 0.496 e. The van der Waals surface area contributed by atoms with Crippen LogP contribution < -0.4 is 14.4 Å². The molecule has 1 fully saturated rings. The van der Waals surface area contributed by atoms with Crippen LogP contribution in [-0.4, -0.2) is 79.8 Å². The lowest BCUT2D eigenvalue weighted by molar-refractivity contribution is -0.120. The average molecular weight is 452 g/mol. The summed E-state index contributed by atoms with van der Waals surface area (Å²) in [6.45, 7) is 5.70. The van der Waals surface area contributed by atoms with Crippen LogP contribution in [0.2, 0.25) is 0 Å². The highest BCUT2D eigenvalue weighted by atomic mass is 16.5. The molecule has 0 aliphatic carbocycles. The molecule has 0 radical (unpaired) electrons. The minimum Gasteiger partial charge on any atom is -0.496 e. The van der Waals surface area contributed by atoms with Crippen LogP contribution in [0.3, 0.4) is 0 Å². The number of carbonyl (C=O) groups excluding carboxylic acids is 2. The number of benzene rings is 2. The normalized spacial score (nSPS) is 17.2. The van der Waals surface area contributed by atoms with E-state index in [-0.39, 0.29) is 18.4 Å². The molecule has 8 heteroatoms. The molecule has 1 N–H and O–H groups in total. The number of aliphatic hydroxyl groups excluding tert-OH is 1. The number of carbonyl (C=O) groups is 2. The predicted octanol–water partition coefficient (Wildman–Crippen LogP) is 1.99. The molecule has 0 unspecified atom stereocenters. The summed E-state index contributed by atoms with van der Waals surface area (Å²) in [6, 6.07) is 14.2. The number of rotatable bonds is 8. The van der Waals surface area contributed by atoms with Gasteiger partial charge in [-0.1, -0.05) is 18.2 Å². The molecule has 8 nitrogen and oxygen atoms in total. The second-order valence-corrected chi connectivity index (χ2v) is 7.85. The van der Waals surface area contributed by atoms with Crippen LogP contribution in [0.5, 0.6) is 11.5 Å². The highest BCUT2D eigenvalue weighted by Gasteiger charge is 2.43. The number of anilines is 1. The van der Waals surface area contributed by atoms with Crippen molar-refractivity contribution in [1.82, 2.24) is 9.80 Å². The number of hydrogen-bond acceptors (Lipinski definition) is 7. The number of nitrogens with zero attached hydrogens (tertiary/aromatic N) is 3. The van der Waals surface area contributed by atoms with Gasteiger partial charge in [-0.3, -0.25) is 14.5 Å². The van der Waals surface area contributed by atoms with Gasteiger partial charge in [0.15, 0.2) is 0 Å². The van der Waals surface area contributed by atoms with Gasteiger partial charge in [-0.2, -0.15) is 0 Å². The van der Waals surface area contributed by atoms with E-state index in [1.165, 1.54) is 4.90 Å². The Kier molecular flexibility index (Phi) is 6.96. The molecular formula is C25H29N3O5. The molecule has 2 aromatic carbocycles. The highest BCUT2D eigenvalue weighted by Crippen LogP contribution is 2.38. The highest BCUT2D eigenvalue weighted by molar-refractivity contribution is 6.45. The van der Waals surface area contributed by atoms with E-state index in [0.29, 0.717) is 73.4 Å². The lowest BCUT2D eigenvalue weighted by Crippen LogP contribution is -2.48. The van der Waals surface area contributed by atoms with Crippen LogP contribution >= 0.6 is 0 Å². The van der Waals surface area contributed by atoms with E-state index in [1.54, 1.807) is 37.4 Å². The minimum atomic E-state index is -0.374. The molecule has 0 spiro atoms. The van der Waals surface area contributed by atoms with Gasteiger partial charge in [-0.25, -0.2) is 4.90 Å². The van der Waals surface area contributed by atoms with Gasteiger partial charge in [0, 0.05) is 38.3 Å². The van der Waals surface area contributed by atoms with Crippen molar-refractivity contribution >= 4 is 23.1 Å². The number of methoxy groups -OCH3 is 1. The van der Waals surface area contributed by atoms with Gasteiger partial charge in [0.2, 0.25) is 0 Å². The Morgan fingerprint density at radius 3 is 2.27 bits per heavy atom. The fraction of sp³-hybridized carbons (Fsp3) is 0.360. The van der Waals surface area contributed by atoms with E-state index in [0.717, 1.165) is 0 Å². The first-order valence-electron chi connectivity index (χ1n) is 11.2. The second kappa shape index (κ2) is 10.1. The summed E-state index contributed by atoms with van der Waals surface area (Å²) in [6.07, 6.45) is 0. The molecule has 2 aliphatic heterocycles. The van der Waals surface area contributed by atoms with Crippen molar-refractivity contribution in [3.8, 4) is 11.5 Å². The fourth-order valence-electron chi connectivity index (χ4n) is 4.33. The lowest BCUT2D eigenvalue weighted by atomic mass is 10.0. The zero-order chi connectivity index (χ0) is 23.4. The number of hydrogen-bond donors (Lipinski definition) is 1. The Hall–Kier alpha value is -3.36. The predicted molar refractivity (Wildman–Crippen MR) is 125 cm³/mol. The monoisotopic (exact) mass is 451 g/mol. The number of aliphatic hydroxyl groups is 1. The maximum atomic E-state index is 13.7. The van der Waals surface area contributed by atoms with Crippen LogP contribution in [0.4, 0.5) is 5.69 Å². The first kappa shape index (κ1) is 22.8. The molecule has 0 bridgehead atoms. The van der Waals surface area contributed by atoms with Crippen LogP contribution in [-0.2, 0) is 9.59 Å². The maximum absolute atomic E-state index is 13.7. The average Bonchev–Trinajstić information content (AvgIpc) is 3.10. The van der Waals surface area contributed by atoms with Gasteiger partial charge >= 0.3 is 0 Å². The molecular weight excluding hydrogens is 422 g/mol. The Labute approximate surface area is 193 Å². The Morgan fingerprint density at radius 2 is 1.64 bits per heavy atom. The van der Waals surface area contributed by atoms with Crippen molar-refractivity contribution in [1.29, 1.82) is 0 Å². The molecule has 0 saturated carbocycles. The molecule has 33 heavy (non-hydrogen) atoms. The SMILES string of the molecule is CCOc1ccc(N2C(=O)C(c3ccccc3OC)=C(N3CCN(CCO)CC3)C2=O)cc1. The molecule has 2 aromatic rings. The summed E-state index contributed by atoms with van der Waals surface area (Å²) >= 11 is 0. The van der Waals surface area contributed by atoms with E-state index in [9.17, 15) is 14.7 Å². The topological polar surface area (TPSA) is 82.6 Å². The van der Waals surface area contributed by atoms with Crippen molar-refractivity contribution in [2.24, 2.45) is 0 Å². The standard InChI is InChI=1S/C25H29N3O5/c1-3-33-19-10-8-18(9-11-19)28-24(30)22(20-6-4-5-7-21(20)32-2)23(25(28)31)27-14-12-26(13-15-27)16-17-29/h4-11,29H,3,12-17H2,1-2H3. The minimum absolute atomic E-state index is 0.0953. The van der Waals surface area contributed by atoms with E-state index in [1.807, 2.05) is 30.0 Å². The number of ether oxygens (including phenoxy) is 2.